The second-order valence-corrected chi connectivity index (χ2v) is 6.29. The van der Waals surface area contributed by atoms with Crippen LogP contribution in [0, 0.1) is 11.2 Å². The highest BCUT2D eigenvalue weighted by Crippen LogP contribution is 2.46. The maximum absolute atomic E-state index is 13.4. The van der Waals surface area contributed by atoms with Crippen molar-refractivity contribution in [2.45, 2.75) is 37.5 Å². The van der Waals surface area contributed by atoms with Crippen LogP contribution in [0.2, 0.25) is 0 Å². The number of hydrogen-bond acceptors (Lipinski definition) is 2. The molecule has 1 aromatic rings. The Labute approximate surface area is 118 Å². The Morgan fingerprint density at radius 1 is 1.30 bits per heavy atom. The first kappa shape index (κ1) is 13.6. The number of amides is 1. The number of hydrogen-bond donors (Lipinski definition) is 2. The number of benzene rings is 1. The third-order valence-electron chi connectivity index (χ3n) is 4.94. The molecule has 0 aliphatic heterocycles. The van der Waals surface area contributed by atoms with Gasteiger partial charge in [0, 0.05) is 12.0 Å². The summed E-state index contributed by atoms with van der Waals surface area (Å²) in [7, 11) is 0. The average Bonchev–Trinajstić information content (AvgIpc) is 3.16. The van der Waals surface area contributed by atoms with E-state index in [0.29, 0.717) is 6.54 Å². The van der Waals surface area contributed by atoms with E-state index < -0.39 is 5.41 Å². The summed E-state index contributed by atoms with van der Waals surface area (Å²) in [4.78, 5) is 12.5. The van der Waals surface area contributed by atoms with Gasteiger partial charge in [0.1, 0.15) is 5.82 Å². The number of carbonyl (C=O) groups is 1. The Hall–Kier alpha value is -1.42. The molecule has 2 aliphatic carbocycles. The van der Waals surface area contributed by atoms with Gasteiger partial charge in [0.15, 0.2) is 0 Å². The molecular formula is C16H20FNO2. The molecule has 3 nitrogen and oxygen atoms in total. The Morgan fingerprint density at radius 2 is 2.05 bits per heavy atom. The molecule has 0 atom stereocenters. The standard InChI is InChI=1S/C16H20FNO2/c17-13-4-1-3-12(9-13)16(5-2-6-16)14(20)18-10-15(11-19)7-8-15/h1,3-4,9,19H,2,5-8,10-11H2,(H,18,20). The monoisotopic (exact) mass is 277 g/mol. The predicted molar refractivity (Wildman–Crippen MR) is 73.7 cm³/mol. The Kier molecular flexibility index (Phi) is 3.28. The highest BCUT2D eigenvalue weighted by atomic mass is 19.1. The van der Waals surface area contributed by atoms with E-state index in [2.05, 4.69) is 5.32 Å². The van der Waals surface area contributed by atoms with E-state index in [0.717, 1.165) is 37.7 Å². The molecule has 2 fully saturated rings. The largest absolute Gasteiger partial charge is 0.396 e. The zero-order valence-corrected chi connectivity index (χ0v) is 11.5. The van der Waals surface area contributed by atoms with E-state index in [1.54, 1.807) is 6.07 Å². The number of halogens is 1. The van der Waals surface area contributed by atoms with E-state index in [4.69, 9.17) is 0 Å². The van der Waals surface area contributed by atoms with Crippen molar-refractivity contribution in [1.29, 1.82) is 0 Å². The van der Waals surface area contributed by atoms with Crippen LogP contribution in [0.15, 0.2) is 24.3 Å². The van der Waals surface area contributed by atoms with Crippen molar-refractivity contribution in [3.05, 3.63) is 35.6 Å². The van der Waals surface area contributed by atoms with E-state index in [-0.39, 0.29) is 23.7 Å². The Morgan fingerprint density at radius 3 is 2.55 bits per heavy atom. The molecule has 2 aliphatic rings. The lowest BCUT2D eigenvalue weighted by Crippen LogP contribution is -2.50. The zero-order valence-electron chi connectivity index (χ0n) is 11.5. The molecule has 0 heterocycles. The minimum Gasteiger partial charge on any atom is -0.396 e. The molecule has 20 heavy (non-hydrogen) atoms. The van der Waals surface area contributed by atoms with Gasteiger partial charge < -0.3 is 10.4 Å². The predicted octanol–water partition coefficient (Wildman–Crippen LogP) is 2.14. The normalized spacial score (nSPS) is 21.9. The van der Waals surface area contributed by atoms with Crippen LogP contribution in [-0.4, -0.2) is 24.2 Å². The molecule has 1 aromatic carbocycles. The minimum absolute atomic E-state index is 0.0194. The number of carbonyl (C=O) groups excluding carboxylic acids is 1. The molecule has 0 saturated heterocycles. The van der Waals surface area contributed by atoms with Gasteiger partial charge in [-0.15, -0.1) is 0 Å². The summed E-state index contributed by atoms with van der Waals surface area (Å²) < 4.78 is 13.4. The highest BCUT2D eigenvalue weighted by Gasteiger charge is 2.48. The van der Waals surface area contributed by atoms with Crippen molar-refractivity contribution in [1.82, 2.24) is 5.32 Å². The first-order chi connectivity index (χ1) is 9.60. The van der Waals surface area contributed by atoms with Crippen molar-refractivity contribution in [3.63, 3.8) is 0 Å². The van der Waals surface area contributed by atoms with Crippen LogP contribution in [0.4, 0.5) is 4.39 Å². The Balaban J connectivity index is 1.73. The quantitative estimate of drug-likeness (QED) is 0.866. The smallest absolute Gasteiger partial charge is 0.230 e. The van der Waals surface area contributed by atoms with Crippen LogP contribution in [0.1, 0.15) is 37.7 Å². The van der Waals surface area contributed by atoms with Crippen molar-refractivity contribution in [2.75, 3.05) is 13.2 Å². The lowest BCUT2D eigenvalue weighted by molar-refractivity contribution is -0.130. The molecule has 0 aromatic heterocycles. The van der Waals surface area contributed by atoms with Crippen LogP contribution in [-0.2, 0) is 10.2 Å². The van der Waals surface area contributed by atoms with E-state index in [1.807, 2.05) is 6.07 Å². The molecule has 2 saturated carbocycles. The van der Waals surface area contributed by atoms with E-state index >= 15 is 0 Å². The maximum atomic E-state index is 13.4. The van der Waals surface area contributed by atoms with Crippen molar-refractivity contribution >= 4 is 5.91 Å². The van der Waals surface area contributed by atoms with Crippen LogP contribution >= 0.6 is 0 Å². The third-order valence-corrected chi connectivity index (χ3v) is 4.94. The van der Waals surface area contributed by atoms with Crippen LogP contribution < -0.4 is 5.32 Å². The molecule has 0 spiro atoms. The number of nitrogens with one attached hydrogen (secondary N) is 1. The summed E-state index contributed by atoms with van der Waals surface area (Å²) >= 11 is 0. The van der Waals surface area contributed by atoms with Gasteiger partial charge in [0.2, 0.25) is 5.91 Å². The van der Waals surface area contributed by atoms with Crippen molar-refractivity contribution in [2.24, 2.45) is 5.41 Å². The molecule has 108 valence electrons. The molecule has 3 rings (SSSR count). The molecule has 0 radical (unpaired) electrons. The average molecular weight is 277 g/mol. The molecule has 0 bridgehead atoms. The van der Waals surface area contributed by atoms with Gasteiger partial charge in [0.25, 0.3) is 0 Å². The first-order valence-corrected chi connectivity index (χ1v) is 7.26. The summed E-state index contributed by atoms with van der Waals surface area (Å²) in [5.41, 5.74) is 0.117. The fourth-order valence-corrected chi connectivity index (χ4v) is 2.97. The lowest BCUT2D eigenvalue weighted by Gasteiger charge is -2.41. The minimum atomic E-state index is -0.562. The third kappa shape index (κ3) is 2.22. The lowest BCUT2D eigenvalue weighted by atomic mass is 9.63. The van der Waals surface area contributed by atoms with Gasteiger partial charge in [0.05, 0.1) is 12.0 Å². The second-order valence-electron chi connectivity index (χ2n) is 6.29. The Bertz CT molecular complexity index is 521. The van der Waals surface area contributed by atoms with Gasteiger partial charge in [-0.05, 0) is 43.4 Å². The number of aliphatic hydroxyl groups is 1. The van der Waals surface area contributed by atoms with Crippen molar-refractivity contribution in [3.8, 4) is 0 Å². The summed E-state index contributed by atoms with van der Waals surface area (Å²) in [6.45, 7) is 0.652. The van der Waals surface area contributed by atoms with Crippen molar-refractivity contribution < 1.29 is 14.3 Å². The van der Waals surface area contributed by atoms with Gasteiger partial charge >= 0.3 is 0 Å². The van der Waals surface area contributed by atoms with E-state index in [1.165, 1.54) is 12.1 Å². The molecule has 4 heteroatoms. The summed E-state index contributed by atoms with van der Waals surface area (Å²) in [6, 6.07) is 6.37. The van der Waals surface area contributed by atoms with Gasteiger partial charge in [-0.25, -0.2) is 4.39 Å². The molecule has 2 N–H and O–H groups in total. The van der Waals surface area contributed by atoms with E-state index in [9.17, 15) is 14.3 Å². The molecular weight excluding hydrogens is 257 g/mol. The maximum Gasteiger partial charge on any atom is 0.230 e. The zero-order chi connectivity index (χ0) is 14.2. The summed E-state index contributed by atoms with van der Waals surface area (Å²) in [5.74, 6) is -0.315. The number of aliphatic hydroxyl groups excluding tert-OH is 1. The van der Waals surface area contributed by atoms with Crippen LogP contribution in [0.25, 0.3) is 0 Å². The second kappa shape index (κ2) is 4.85. The van der Waals surface area contributed by atoms with Gasteiger partial charge in [-0.2, -0.15) is 0 Å². The fourth-order valence-electron chi connectivity index (χ4n) is 2.97. The molecule has 1 amide bonds. The van der Waals surface area contributed by atoms with Gasteiger partial charge in [-0.1, -0.05) is 18.6 Å². The summed E-state index contributed by atoms with van der Waals surface area (Å²) in [6.07, 6.45) is 4.48. The topological polar surface area (TPSA) is 49.3 Å². The van der Waals surface area contributed by atoms with Crippen LogP contribution in [0.5, 0.6) is 0 Å². The van der Waals surface area contributed by atoms with Crippen LogP contribution in [0.3, 0.4) is 0 Å². The SMILES string of the molecule is O=C(NCC1(CO)CC1)C1(c2cccc(F)c2)CCC1. The fraction of sp³-hybridized carbons (Fsp3) is 0.562. The summed E-state index contributed by atoms with van der Waals surface area (Å²) in [5, 5.41) is 12.3. The first-order valence-electron chi connectivity index (χ1n) is 7.26. The highest BCUT2D eigenvalue weighted by molar-refractivity contribution is 5.89. The van der Waals surface area contributed by atoms with Gasteiger partial charge in [-0.3, -0.25) is 4.79 Å². The molecule has 0 unspecified atom stereocenters. The number of rotatable bonds is 5.